The predicted molar refractivity (Wildman–Crippen MR) is 90.7 cm³/mol. The fourth-order valence-electron chi connectivity index (χ4n) is 6.91. The zero-order chi connectivity index (χ0) is 15.7. The van der Waals surface area contributed by atoms with Gasteiger partial charge in [-0.3, -0.25) is 4.79 Å². The van der Waals surface area contributed by atoms with Gasteiger partial charge in [0, 0.05) is 6.42 Å². The number of Topliss-reactive ketones (excluding diaryl/α,β-unsaturated/α-hetero) is 1. The molecule has 0 radical (unpaired) electrons. The number of halogens is 1. The highest BCUT2D eigenvalue weighted by atomic mass is 35.5. The smallest absolute Gasteiger partial charge is 0.174 e. The maximum atomic E-state index is 12.0. The third kappa shape index (κ3) is 1.81. The van der Waals surface area contributed by atoms with E-state index in [9.17, 15) is 4.79 Å². The van der Waals surface area contributed by atoms with Gasteiger partial charge >= 0.3 is 0 Å². The molecular formula is C20H29ClO. The molecule has 0 aromatic carbocycles. The van der Waals surface area contributed by atoms with Crippen molar-refractivity contribution in [2.75, 3.05) is 0 Å². The molecule has 4 rings (SSSR count). The van der Waals surface area contributed by atoms with E-state index in [4.69, 9.17) is 11.6 Å². The molecule has 0 aliphatic heterocycles. The first-order valence-corrected chi connectivity index (χ1v) is 9.68. The third-order valence-electron chi connectivity index (χ3n) is 8.53. The van der Waals surface area contributed by atoms with Crippen LogP contribution in [0.4, 0.5) is 0 Å². The molecule has 0 amide bonds. The van der Waals surface area contributed by atoms with Crippen LogP contribution in [0.2, 0.25) is 0 Å². The van der Waals surface area contributed by atoms with Gasteiger partial charge in [0.1, 0.15) is 0 Å². The zero-order valence-corrected chi connectivity index (χ0v) is 15.0. The Morgan fingerprint density at radius 1 is 1.00 bits per heavy atom. The van der Waals surface area contributed by atoms with Crippen LogP contribution in [0.3, 0.4) is 0 Å². The molecule has 3 saturated carbocycles. The van der Waals surface area contributed by atoms with Crippen LogP contribution >= 0.6 is 11.6 Å². The van der Waals surface area contributed by atoms with Gasteiger partial charge in [0.05, 0.1) is 5.03 Å². The molecule has 122 valence electrons. The Bertz CT molecular complexity index is 550. The molecule has 6 atom stereocenters. The van der Waals surface area contributed by atoms with E-state index >= 15 is 0 Å². The van der Waals surface area contributed by atoms with Gasteiger partial charge in [0.25, 0.3) is 0 Å². The van der Waals surface area contributed by atoms with Crippen molar-refractivity contribution in [1.82, 2.24) is 0 Å². The third-order valence-corrected chi connectivity index (χ3v) is 8.97. The summed E-state index contributed by atoms with van der Waals surface area (Å²) in [6, 6.07) is 0. The molecule has 0 aromatic rings. The van der Waals surface area contributed by atoms with Gasteiger partial charge in [-0.25, -0.2) is 0 Å². The summed E-state index contributed by atoms with van der Waals surface area (Å²) in [5, 5.41) is 0.611. The minimum atomic E-state index is 0.197. The van der Waals surface area contributed by atoms with Gasteiger partial charge in [-0.05, 0) is 85.0 Å². The van der Waals surface area contributed by atoms with Crippen LogP contribution in [0.25, 0.3) is 0 Å². The van der Waals surface area contributed by atoms with Crippen LogP contribution < -0.4 is 0 Å². The van der Waals surface area contributed by atoms with E-state index in [2.05, 4.69) is 20.8 Å². The fraction of sp³-hybridized carbons (Fsp3) is 0.850. The Balaban J connectivity index is 1.72. The molecule has 0 unspecified atom stereocenters. The lowest BCUT2D eigenvalue weighted by molar-refractivity contribution is -0.118. The Hall–Kier alpha value is -0.300. The summed E-state index contributed by atoms with van der Waals surface area (Å²) in [5.41, 5.74) is 2.11. The van der Waals surface area contributed by atoms with Gasteiger partial charge in [0.15, 0.2) is 5.78 Å². The molecule has 0 saturated heterocycles. The molecule has 0 heterocycles. The molecule has 3 fully saturated rings. The van der Waals surface area contributed by atoms with E-state index in [0.29, 0.717) is 16.9 Å². The fourth-order valence-corrected chi connectivity index (χ4v) is 7.32. The monoisotopic (exact) mass is 320 g/mol. The Morgan fingerprint density at radius 2 is 1.77 bits per heavy atom. The number of carbonyl (C=O) groups is 1. The lowest BCUT2D eigenvalue weighted by atomic mass is 9.47. The predicted octanol–water partition coefficient (Wildman–Crippen LogP) is 5.72. The van der Waals surface area contributed by atoms with Crippen LogP contribution in [-0.2, 0) is 4.79 Å². The van der Waals surface area contributed by atoms with Crippen molar-refractivity contribution >= 4 is 17.4 Å². The zero-order valence-electron chi connectivity index (χ0n) is 14.3. The van der Waals surface area contributed by atoms with Crippen LogP contribution in [0.15, 0.2) is 10.6 Å². The van der Waals surface area contributed by atoms with Crippen molar-refractivity contribution in [3.05, 3.63) is 10.6 Å². The van der Waals surface area contributed by atoms with Crippen molar-refractivity contribution in [2.45, 2.75) is 72.1 Å². The van der Waals surface area contributed by atoms with Crippen molar-refractivity contribution in [2.24, 2.45) is 34.5 Å². The standard InChI is InChI=1S/C20H29ClO/c1-12-4-6-14-13-5-7-16-18(21)17(22)9-11-20(16,3)15(13)8-10-19(12,14)2/h12-15H,4-11H2,1-3H3/t12-,13-,14-,15-,19+,20+/m0/s1. The van der Waals surface area contributed by atoms with Crippen molar-refractivity contribution in [3.63, 3.8) is 0 Å². The highest BCUT2D eigenvalue weighted by molar-refractivity contribution is 6.43. The normalized spacial score (nSPS) is 51.4. The first kappa shape index (κ1) is 15.2. The van der Waals surface area contributed by atoms with E-state index in [1.54, 1.807) is 0 Å². The first-order chi connectivity index (χ1) is 10.4. The van der Waals surface area contributed by atoms with Crippen molar-refractivity contribution < 1.29 is 4.79 Å². The summed E-state index contributed by atoms with van der Waals surface area (Å²) in [6.45, 7) is 7.47. The Morgan fingerprint density at radius 3 is 2.55 bits per heavy atom. The summed E-state index contributed by atoms with van der Waals surface area (Å²) in [4.78, 5) is 12.0. The lowest BCUT2D eigenvalue weighted by Gasteiger charge is -2.58. The van der Waals surface area contributed by atoms with Crippen LogP contribution in [-0.4, -0.2) is 5.78 Å². The molecule has 0 spiro atoms. The molecule has 0 aromatic heterocycles. The molecular weight excluding hydrogens is 292 g/mol. The maximum absolute atomic E-state index is 12.0. The number of hydrogen-bond donors (Lipinski definition) is 0. The average molecular weight is 321 g/mol. The average Bonchev–Trinajstić information content (AvgIpc) is 2.79. The number of fused-ring (bicyclic) bond motifs is 5. The second kappa shape index (κ2) is 4.85. The second-order valence-electron chi connectivity index (χ2n) is 9.07. The quantitative estimate of drug-likeness (QED) is 0.557. The molecule has 4 aliphatic rings. The van der Waals surface area contributed by atoms with Crippen LogP contribution in [0.1, 0.15) is 72.1 Å². The second-order valence-corrected chi connectivity index (χ2v) is 9.45. The van der Waals surface area contributed by atoms with Gasteiger partial charge in [0.2, 0.25) is 0 Å². The number of carbonyl (C=O) groups excluding carboxylic acids is 1. The number of hydrogen-bond acceptors (Lipinski definition) is 1. The Labute approximate surface area is 139 Å². The number of ketones is 1. The highest BCUT2D eigenvalue weighted by Crippen LogP contribution is 2.67. The van der Waals surface area contributed by atoms with E-state index in [1.165, 1.54) is 37.7 Å². The number of allylic oxidation sites excluding steroid dienone is 1. The summed E-state index contributed by atoms with van der Waals surface area (Å²) in [6.07, 6.45) is 9.63. The van der Waals surface area contributed by atoms with Crippen molar-refractivity contribution in [1.29, 1.82) is 0 Å². The van der Waals surface area contributed by atoms with Crippen LogP contribution in [0, 0.1) is 34.5 Å². The Kier molecular flexibility index (Phi) is 3.36. The maximum Gasteiger partial charge on any atom is 0.174 e. The molecule has 0 bridgehead atoms. The molecule has 22 heavy (non-hydrogen) atoms. The van der Waals surface area contributed by atoms with E-state index in [0.717, 1.165) is 36.5 Å². The van der Waals surface area contributed by atoms with Gasteiger partial charge in [-0.15, -0.1) is 0 Å². The van der Waals surface area contributed by atoms with Crippen LogP contribution in [0.5, 0.6) is 0 Å². The van der Waals surface area contributed by atoms with E-state index < -0.39 is 0 Å². The SMILES string of the molecule is C[C@H]1CC[C@H]2[C@@H]3CCC4=C(Cl)C(=O)CC[C@]4(C)[C@H]3CC[C@]12C. The molecule has 4 aliphatic carbocycles. The van der Waals surface area contributed by atoms with Crippen molar-refractivity contribution in [3.8, 4) is 0 Å². The van der Waals surface area contributed by atoms with Gasteiger partial charge < -0.3 is 0 Å². The van der Waals surface area contributed by atoms with E-state index in [1.807, 2.05) is 0 Å². The van der Waals surface area contributed by atoms with Gasteiger partial charge in [-0.1, -0.05) is 32.4 Å². The lowest BCUT2D eigenvalue weighted by Crippen LogP contribution is -2.50. The summed E-state index contributed by atoms with van der Waals surface area (Å²) >= 11 is 6.45. The number of rotatable bonds is 0. The summed E-state index contributed by atoms with van der Waals surface area (Å²) in [7, 11) is 0. The molecule has 1 nitrogen and oxygen atoms in total. The molecule has 0 N–H and O–H groups in total. The minimum Gasteiger partial charge on any atom is -0.293 e. The summed E-state index contributed by atoms with van der Waals surface area (Å²) in [5.74, 6) is 3.63. The molecule has 2 heteroatoms. The largest absolute Gasteiger partial charge is 0.293 e. The highest BCUT2D eigenvalue weighted by Gasteiger charge is 2.58. The first-order valence-electron chi connectivity index (χ1n) is 9.30. The topological polar surface area (TPSA) is 17.1 Å². The minimum absolute atomic E-state index is 0.197. The summed E-state index contributed by atoms with van der Waals surface area (Å²) < 4.78 is 0. The van der Waals surface area contributed by atoms with E-state index in [-0.39, 0.29) is 11.2 Å². The van der Waals surface area contributed by atoms with Gasteiger partial charge in [-0.2, -0.15) is 0 Å².